The van der Waals surface area contributed by atoms with Crippen molar-refractivity contribution in [2.45, 2.75) is 19.4 Å². The maximum Gasteiger partial charge on any atom is 0.123 e. The third kappa shape index (κ3) is 1.24. The van der Waals surface area contributed by atoms with E-state index in [1.165, 1.54) is 0 Å². The summed E-state index contributed by atoms with van der Waals surface area (Å²) >= 11 is 0. The van der Waals surface area contributed by atoms with Crippen LogP contribution in [0.25, 0.3) is 0 Å². The summed E-state index contributed by atoms with van der Waals surface area (Å²) in [6.45, 7) is 3.76. The zero-order chi connectivity index (χ0) is 8.48. The Bertz CT molecular complexity index is 206. The van der Waals surface area contributed by atoms with Gasteiger partial charge in [-0.05, 0) is 26.0 Å². The predicted octanol–water partition coefficient (Wildman–Crippen LogP) is 1.51. The molecular formula is C8H13NO2. The lowest BCUT2D eigenvalue weighted by Crippen LogP contribution is -2.41. The molecule has 1 heterocycles. The summed E-state index contributed by atoms with van der Waals surface area (Å²) in [7, 11) is 1.60. The van der Waals surface area contributed by atoms with Crippen molar-refractivity contribution in [3.63, 3.8) is 0 Å². The van der Waals surface area contributed by atoms with Crippen LogP contribution >= 0.6 is 0 Å². The fourth-order valence-electron chi connectivity index (χ4n) is 1.03. The first-order chi connectivity index (χ1) is 5.09. The molecule has 62 valence electrons. The van der Waals surface area contributed by atoms with Gasteiger partial charge in [-0.1, -0.05) is 0 Å². The number of allylic oxidation sites excluding steroid dienone is 2. The fraction of sp³-hybridized carbons (Fsp3) is 0.500. The lowest BCUT2D eigenvalue weighted by Gasteiger charge is -2.35. The van der Waals surface area contributed by atoms with Crippen LogP contribution in [0.15, 0.2) is 24.1 Å². The van der Waals surface area contributed by atoms with E-state index in [0.717, 1.165) is 10.8 Å². The van der Waals surface area contributed by atoms with Crippen molar-refractivity contribution in [1.29, 1.82) is 0 Å². The molecule has 0 spiro atoms. The Labute approximate surface area is 66.5 Å². The van der Waals surface area contributed by atoms with Gasteiger partial charge in [0.25, 0.3) is 0 Å². The Morgan fingerprint density at radius 3 is 2.64 bits per heavy atom. The van der Waals surface area contributed by atoms with E-state index >= 15 is 0 Å². The zero-order valence-electron chi connectivity index (χ0n) is 7.03. The number of rotatable bonds is 1. The van der Waals surface area contributed by atoms with Gasteiger partial charge in [-0.3, -0.25) is 10.3 Å². The van der Waals surface area contributed by atoms with E-state index in [-0.39, 0.29) is 0 Å². The van der Waals surface area contributed by atoms with Gasteiger partial charge in [0.1, 0.15) is 11.3 Å². The molecule has 0 saturated carbocycles. The van der Waals surface area contributed by atoms with Crippen LogP contribution in [0.4, 0.5) is 0 Å². The minimum Gasteiger partial charge on any atom is -0.499 e. The summed E-state index contributed by atoms with van der Waals surface area (Å²) < 4.78 is 5.08. The van der Waals surface area contributed by atoms with Crippen molar-refractivity contribution in [2.75, 3.05) is 7.11 Å². The van der Waals surface area contributed by atoms with Gasteiger partial charge < -0.3 is 4.74 Å². The number of hydrogen-bond donors (Lipinski definition) is 1. The Kier molecular flexibility index (Phi) is 1.91. The van der Waals surface area contributed by atoms with Crippen molar-refractivity contribution in [3.05, 3.63) is 24.1 Å². The van der Waals surface area contributed by atoms with Crippen molar-refractivity contribution >= 4 is 0 Å². The highest BCUT2D eigenvalue weighted by molar-refractivity contribution is 5.22. The lowest BCUT2D eigenvalue weighted by atomic mass is 10.00. The second-order valence-electron chi connectivity index (χ2n) is 2.98. The monoisotopic (exact) mass is 155 g/mol. The van der Waals surface area contributed by atoms with E-state index in [0.29, 0.717) is 0 Å². The van der Waals surface area contributed by atoms with Gasteiger partial charge in [0.15, 0.2) is 0 Å². The fourth-order valence-corrected chi connectivity index (χ4v) is 1.03. The first-order valence-corrected chi connectivity index (χ1v) is 3.50. The maximum atomic E-state index is 9.36. The molecule has 0 saturated heterocycles. The van der Waals surface area contributed by atoms with E-state index in [1.807, 2.05) is 19.9 Å². The van der Waals surface area contributed by atoms with Crippen LogP contribution < -0.4 is 0 Å². The average Bonchev–Trinajstić information content (AvgIpc) is 1.95. The second-order valence-corrected chi connectivity index (χ2v) is 2.98. The van der Waals surface area contributed by atoms with E-state index < -0.39 is 5.54 Å². The summed E-state index contributed by atoms with van der Waals surface area (Å²) in [5, 5.41) is 10.5. The largest absolute Gasteiger partial charge is 0.499 e. The number of hydroxylamine groups is 2. The Balaban J connectivity index is 2.92. The van der Waals surface area contributed by atoms with Crippen LogP contribution in [-0.2, 0) is 4.74 Å². The van der Waals surface area contributed by atoms with Crippen molar-refractivity contribution < 1.29 is 9.94 Å². The zero-order valence-corrected chi connectivity index (χ0v) is 7.03. The maximum absolute atomic E-state index is 9.36. The normalized spacial score (nSPS) is 21.5. The molecule has 1 aliphatic heterocycles. The smallest absolute Gasteiger partial charge is 0.123 e. The molecule has 0 bridgehead atoms. The van der Waals surface area contributed by atoms with Crippen LogP contribution in [0.5, 0.6) is 0 Å². The van der Waals surface area contributed by atoms with E-state index in [1.54, 1.807) is 19.4 Å². The van der Waals surface area contributed by atoms with Crippen molar-refractivity contribution in [1.82, 2.24) is 5.06 Å². The molecule has 1 aliphatic rings. The van der Waals surface area contributed by atoms with Gasteiger partial charge in [-0.25, -0.2) is 0 Å². The quantitative estimate of drug-likeness (QED) is 0.623. The Morgan fingerprint density at radius 1 is 1.55 bits per heavy atom. The van der Waals surface area contributed by atoms with Gasteiger partial charge in [0.05, 0.1) is 7.11 Å². The highest BCUT2D eigenvalue weighted by Crippen LogP contribution is 2.26. The van der Waals surface area contributed by atoms with Gasteiger partial charge in [-0.2, -0.15) is 0 Å². The molecule has 0 unspecified atom stereocenters. The third-order valence-corrected chi connectivity index (χ3v) is 1.87. The number of hydrogen-bond acceptors (Lipinski definition) is 3. The van der Waals surface area contributed by atoms with E-state index in [9.17, 15) is 5.21 Å². The highest BCUT2D eigenvalue weighted by atomic mass is 16.5. The summed E-state index contributed by atoms with van der Waals surface area (Å²) in [5.74, 6) is 0.752. The topological polar surface area (TPSA) is 32.7 Å². The van der Waals surface area contributed by atoms with Gasteiger partial charge >= 0.3 is 0 Å². The first kappa shape index (κ1) is 8.14. The van der Waals surface area contributed by atoms with Crippen LogP contribution in [-0.4, -0.2) is 22.9 Å². The molecular weight excluding hydrogens is 142 g/mol. The van der Waals surface area contributed by atoms with Gasteiger partial charge in [-0.15, -0.1) is 0 Å². The number of methoxy groups -OCH3 is 1. The van der Waals surface area contributed by atoms with Gasteiger partial charge in [0, 0.05) is 6.20 Å². The average molecular weight is 155 g/mol. The van der Waals surface area contributed by atoms with Crippen LogP contribution in [0.3, 0.4) is 0 Å². The molecule has 1 N–H and O–H groups in total. The number of ether oxygens (including phenoxy) is 1. The van der Waals surface area contributed by atoms with Crippen LogP contribution in [0.2, 0.25) is 0 Å². The van der Waals surface area contributed by atoms with E-state index in [2.05, 4.69) is 0 Å². The van der Waals surface area contributed by atoms with E-state index in [4.69, 9.17) is 4.74 Å². The third-order valence-electron chi connectivity index (χ3n) is 1.87. The molecule has 0 aromatic heterocycles. The molecule has 0 aliphatic carbocycles. The Hall–Kier alpha value is -0.960. The molecule has 1 rings (SSSR count). The molecule has 3 heteroatoms. The van der Waals surface area contributed by atoms with Gasteiger partial charge in [0.2, 0.25) is 0 Å². The molecule has 0 aromatic rings. The van der Waals surface area contributed by atoms with Crippen LogP contribution in [0.1, 0.15) is 13.8 Å². The Morgan fingerprint density at radius 2 is 2.18 bits per heavy atom. The van der Waals surface area contributed by atoms with Crippen LogP contribution in [0, 0.1) is 0 Å². The molecule has 0 aromatic carbocycles. The molecule has 3 nitrogen and oxygen atoms in total. The summed E-state index contributed by atoms with van der Waals surface area (Å²) in [4.78, 5) is 0. The summed E-state index contributed by atoms with van der Waals surface area (Å²) in [5.41, 5.74) is -0.455. The predicted molar refractivity (Wildman–Crippen MR) is 41.9 cm³/mol. The summed E-state index contributed by atoms with van der Waals surface area (Å²) in [6, 6.07) is 0. The standard InChI is InChI=1S/C8H13NO2/c1-8(2)7(11-3)5-4-6-9(8)10/h4-6,10H,1-3H3. The second kappa shape index (κ2) is 2.58. The number of nitrogens with zero attached hydrogens (tertiary/aromatic N) is 1. The lowest BCUT2D eigenvalue weighted by molar-refractivity contribution is -0.118. The molecule has 0 fully saturated rings. The molecule has 0 radical (unpaired) electrons. The van der Waals surface area contributed by atoms with Crippen molar-refractivity contribution in [3.8, 4) is 0 Å². The minimum absolute atomic E-state index is 0.455. The minimum atomic E-state index is -0.455. The SMILES string of the molecule is COC1=CC=CN(O)C1(C)C. The first-order valence-electron chi connectivity index (χ1n) is 3.50. The molecule has 0 amide bonds. The molecule has 11 heavy (non-hydrogen) atoms. The van der Waals surface area contributed by atoms with Crippen molar-refractivity contribution in [2.24, 2.45) is 0 Å². The highest BCUT2D eigenvalue weighted by Gasteiger charge is 2.30. The summed E-state index contributed by atoms with van der Waals surface area (Å²) in [6.07, 6.45) is 5.18. The molecule has 0 atom stereocenters.